The van der Waals surface area contributed by atoms with Crippen LogP contribution in [0.2, 0.25) is 0 Å². The normalized spacial score (nSPS) is 20.6. The van der Waals surface area contributed by atoms with Crippen molar-refractivity contribution in [3.8, 4) is 0 Å². The van der Waals surface area contributed by atoms with Crippen LogP contribution in [-0.2, 0) is 6.18 Å². The predicted octanol–water partition coefficient (Wildman–Crippen LogP) is 4.47. The Morgan fingerprint density at radius 2 is 1.77 bits per heavy atom. The van der Waals surface area contributed by atoms with Gasteiger partial charge in [-0.25, -0.2) is 9.18 Å². The molecule has 2 amide bonds. The number of aromatic amines is 1. The van der Waals surface area contributed by atoms with Gasteiger partial charge in [-0.15, -0.1) is 0 Å². The smallest absolute Gasteiger partial charge is 0.417 e. The standard InChI is InChI=1S/C27H31F4N5O4/c1-15-13-36(14-16(2)34(15)3)23-11-21(28)18(17-5-4-7-35(8-6-17)26(39)40)9-22(23)33-25(38)19-12-32-24(37)10-20(19)27(29,30)31/h5,9-12,15-16H,4,6-8,13-14H2,1-3H3,(H,32,37)(H,33,38)(H,39,40)/t15-,16+. The van der Waals surface area contributed by atoms with Gasteiger partial charge in [-0.2, -0.15) is 13.2 Å². The minimum absolute atomic E-state index is 0.0673. The number of benzene rings is 1. The molecule has 0 radical (unpaired) electrons. The van der Waals surface area contributed by atoms with E-state index in [-0.39, 0.29) is 42.8 Å². The number of anilines is 2. The zero-order valence-corrected chi connectivity index (χ0v) is 22.3. The molecule has 2 aromatic rings. The first kappa shape index (κ1) is 29.1. The monoisotopic (exact) mass is 565 g/mol. The summed E-state index contributed by atoms with van der Waals surface area (Å²) in [5.41, 5.74) is -2.12. The van der Waals surface area contributed by atoms with E-state index in [0.717, 1.165) is 0 Å². The lowest BCUT2D eigenvalue weighted by molar-refractivity contribution is -0.138. The molecule has 0 saturated carbocycles. The Morgan fingerprint density at radius 1 is 1.10 bits per heavy atom. The number of alkyl halides is 3. The highest BCUT2D eigenvalue weighted by Gasteiger charge is 2.36. The second-order valence-corrected chi connectivity index (χ2v) is 10.2. The SMILES string of the molecule is C[C@@H]1CN(c2cc(F)c(C3=CCCN(C(=O)O)CC3)cc2NC(=O)c2c[nH]c(=O)cc2C(F)(F)F)C[C@H](C)N1C. The highest BCUT2D eigenvalue weighted by Crippen LogP contribution is 2.37. The fourth-order valence-corrected chi connectivity index (χ4v) is 5.16. The molecule has 13 heteroatoms. The Hall–Kier alpha value is -3.87. The number of halogens is 4. The molecule has 2 aliphatic heterocycles. The summed E-state index contributed by atoms with van der Waals surface area (Å²) in [6, 6.07) is 3.10. The summed E-state index contributed by atoms with van der Waals surface area (Å²) in [6.45, 7) is 5.32. The second-order valence-electron chi connectivity index (χ2n) is 10.2. The summed E-state index contributed by atoms with van der Waals surface area (Å²) < 4.78 is 56.6. The Bertz CT molecular complexity index is 1380. The highest BCUT2D eigenvalue weighted by molar-refractivity contribution is 6.07. The molecule has 1 saturated heterocycles. The van der Waals surface area contributed by atoms with Gasteiger partial charge in [0.05, 0.1) is 22.5 Å². The van der Waals surface area contributed by atoms with Gasteiger partial charge in [0.1, 0.15) is 5.82 Å². The maximum atomic E-state index is 15.6. The summed E-state index contributed by atoms with van der Waals surface area (Å²) in [6.07, 6.45) is -3.03. The maximum absolute atomic E-state index is 15.6. The van der Waals surface area contributed by atoms with Crippen LogP contribution >= 0.6 is 0 Å². The van der Waals surface area contributed by atoms with E-state index < -0.39 is 40.7 Å². The Labute approximate surface area is 228 Å². The van der Waals surface area contributed by atoms with Crippen molar-refractivity contribution in [3.05, 3.63) is 63.3 Å². The third-order valence-electron chi connectivity index (χ3n) is 7.57. The van der Waals surface area contributed by atoms with E-state index >= 15 is 4.39 Å². The Kier molecular flexibility index (Phi) is 8.24. The summed E-state index contributed by atoms with van der Waals surface area (Å²) in [7, 11) is 1.97. The third-order valence-corrected chi connectivity index (χ3v) is 7.57. The first-order valence-corrected chi connectivity index (χ1v) is 12.8. The molecule has 0 aliphatic carbocycles. The van der Waals surface area contributed by atoms with Crippen molar-refractivity contribution in [1.82, 2.24) is 14.8 Å². The van der Waals surface area contributed by atoms with Crippen molar-refractivity contribution >= 4 is 28.9 Å². The lowest BCUT2D eigenvalue weighted by atomic mass is 9.98. The number of nitrogens with one attached hydrogen (secondary N) is 2. The zero-order chi connectivity index (χ0) is 29.4. The van der Waals surface area contributed by atoms with Crippen LogP contribution in [0.4, 0.5) is 33.7 Å². The molecule has 216 valence electrons. The largest absolute Gasteiger partial charge is 0.465 e. The molecule has 3 heterocycles. The summed E-state index contributed by atoms with van der Waals surface area (Å²) in [5, 5.41) is 11.9. The van der Waals surface area contributed by atoms with E-state index in [1.807, 2.05) is 25.8 Å². The average Bonchev–Trinajstić information content (AvgIpc) is 3.13. The van der Waals surface area contributed by atoms with Crippen molar-refractivity contribution < 1.29 is 32.3 Å². The number of hydrogen-bond donors (Lipinski definition) is 3. The van der Waals surface area contributed by atoms with E-state index in [1.165, 1.54) is 17.0 Å². The van der Waals surface area contributed by atoms with Crippen LogP contribution in [0.3, 0.4) is 0 Å². The molecule has 3 N–H and O–H groups in total. The van der Waals surface area contributed by atoms with Crippen LogP contribution in [0.15, 0.2) is 35.3 Å². The number of rotatable bonds is 4. The van der Waals surface area contributed by atoms with Crippen LogP contribution in [0.25, 0.3) is 5.57 Å². The van der Waals surface area contributed by atoms with E-state index in [9.17, 15) is 32.7 Å². The summed E-state index contributed by atoms with van der Waals surface area (Å²) in [4.78, 5) is 43.6. The van der Waals surface area contributed by atoms with Crippen LogP contribution in [-0.4, -0.2) is 77.2 Å². The molecule has 1 aromatic carbocycles. The number of likely N-dealkylation sites (N-methyl/N-ethyl adjacent to an activating group) is 1. The van der Waals surface area contributed by atoms with Crippen LogP contribution in [0.1, 0.15) is 48.2 Å². The number of H-pyrrole nitrogens is 1. The van der Waals surface area contributed by atoms with Gasteiger partial charge in [0.25, 0.3) is 5.91 Å². The van der Waals surface area contributed by atoms with E-state index in [2.05, 4.69) is 15.2 Å². The van der Waals surface area contributed by atoms with Gasteiger partial charge in [-0.3, -0.25) is 14.5 Å². The van der Waals surface area contributed by atoms with Gasteiger partial charge in [0, 0.05) is 56.1 Å². The molecule has 0 bridgehead atoms. The molecule has 40 heavy (non-hydrogen) atoms. The Morgan fingerprint density at radius 3 is 2.40 bits per heavy atom. The number of carbonyl (C=O) groups excluding carboxylic acids is 1. The number of amides is 2. The van der Waals surface area contributed by atoms with E-state index in [0.29, 0.717) is 43.0 Å². The van der Waals surface area contributed by atoms with Gasteiger partial charge >= 0.3 is 12.3 Å². The molecule has 0 unspecified atom stereocenters. The van der Waals surface area contributed by atoms with Crippen LogP contribution in [0.5, 0.6) is 0 Å². The number of nitrogens with zero attached hydrogens (tertiary/aromatic N) is 3. The van der Waals surface area contributed by atoms with Crippen LogP contribution in [0, 0.1) is 5.82 Å². The maximum Gasteiger partial charge on any atom is 0.417 e. The number of carbonyl (C=O) groups is 2. The summed E-state index contributed by atoms with van der Waals surface area (Å²) >= 11 is 0. The minimum atomic E-state index is -4.96. The zero-order valence-electron chi connectivity index (χ0n) is 22.3. The first-order valence-electron chi connectivity index (χ1n) is 12.8. The van der Waals surface area contributed by atoms with E-state index in [4.69, 9.17) is 0 Å². The number of hydrogen-bond acceptors (Lipinski definition) is 5. The number of carboxylic acid groups (broad SMARTS) is 1. The molecule has 2 atom stereocenters. The van der Waals surface area contributed by atoms with Crippen molar-refractivity contribution in [2.75, 3.05) is 43.4 Å². The quantitative estimate of drug-likeness (QED) is 0.472. The van der Waals surface area contributed by atoms with Crippen molar-refractivity contribution in [2.24, 2.45) is 0 Å². The lowest BCUT2D eigenvalue weighted by Crippen LogP contribution is -2.55. The first-order chi connectivity index (χ1) is 18.8. The third kappa shape index (κ3) is 6.14. The van der Waals surface area contributed by atoms with Gasteiger partial charge in [-0.1, -0.05) is 6.08 Å². The topological polar surface area (TPSA) is 109 Å². The molecule has 2 aliphatic rings. The Balaban J connectivity index is 1.77. The van der Waals surface area contributed by atoms with Gasteiger partial charge in [0.15, 0.2) is 0 Å². The highest BCUT2D eigenvalue weighted by atomic mass is 19.4. The molecule has 9 nitrogen and oxygen atoms in total. The molecule has 1 aromatic heterocycles. The average molecular weight is 566 g/mol. The van der Waals surface area contributed by atoms with Gasteiger partial charge in [-0.05, 0) is 51.4 Å². The van der Waals surface area contributed by atoms with Crippen molar-refractivity contribution in [3.63, 3.8) is 0 Å². The molecular formula is C27H31F4N5O4. The number of piperazine rings is 1. The molecule has 4 rings (SSSR count). The van der Waals surface area contributed by atoms with E-state index in [1.54, 1.807) is 6.08 Å². The fourth-order valence-electron chi connectivity index (χ4n) is 5.16. The van der Waals surface area contributed by atoms with Crippen molar-refractivity contribution in [2.45, 2.75) is 44.9 Å². The number of aromatic nitrogens is 1. The summed E-state index contributed by atoms with van der Waals surface area (Å²) in [5.74, 6) is -1.72. The van der Waals surface area contributed by atoms with Gasteiger partial charge < -0.3 is 25.2 Å². The van der Waals surface area contributed by atoms with Gasteiger partial charge in [0.2, 0.25) is 5.56 Å². The number of pyridine rings is 1. The van der Waals surface area contributed by atoms with Crippen molar-refractivity contribution in [1.29, 1.82) is 0 Å². The van der Waals surface area contributed by atoms with Crippen LogP contribution < -0.4 is 15.8 Å². The molecular weight excluding hydrogens is 534 g/mol. The lowest BCUT2D eigenvalue weighted by Gasteiger charge is -2.44. The molecule has 1 fully saturated rings. The second kappa shape index (κ2) is 11.3. The fraction of sp³-hybridized carbons (Fsp3) is 0.444. The minimum Gasteiger partial charge on any atom is -0.465 e. The predicted molar refractivity (Wildman–Crippen MR) is 142 cm³/mol. The molecule has 0 spiro atoms.